The van der Waals surface area contributed by atoms with Crippen LogP contribution in [0.5, 0.6) is 5.75 Å². The average molecular weight is 1150 g/mol. The fourth-order valence-corrected chi connectivity index (χ4v) is 11.4. The Morgan fingerprint density at radius 1 is 0.929 bits per heavy atom. The number of amides is 7. The monoisotopic (exact) mass is 1150 g/mol. The molecule has 84 heavy (non-hydrogen) atoms. The number of anilines is 2. The van der Waals surface area contributed by atoms with Crippen LogP contribution in [0.25, 0.3) is 32.9 Å². The molecule has 9 N–H and O–H groups in total. The largest absolute Gasteiger partial charge is 0.495 e. The minimum absolute atomic E-state index is 0.0233. The van der Waals surface area contributed by atoms with Crippen LogP contribution in [-0.4, -0.2) is 165 Å². The van der Waals surface area contributed by atoms with Crippen molar-refractivity contribution < 1.29 is 48.5 Å². The molecule has 3 aliphatic heterocycles. The predicted octanol–water partition coefficient (Wildman–Crippen LogP) is 3.23. The van der Waals surface area contributed by atoms with Crippen molar-refractivity contribution in [1.82, 2.24) is 50.6 Å². The number of aromatic amines is 1. The van der Waals surface area contributed by atoms with Gasteiger partial charge in [-0.1, -0.05) is 48.2 Å². The normalized spacial score (nSPS) is 17.7. The van der Waals surface area contributed by atoms with Gasteiger partial charge in [-0.2, -0.15) is 0 Å². The highest BCUT2D eigenvalue weighted by molar-refractivity contribution is 6.06. The number of H-pyrrole nitrogens is 1. The first-order valence-corrected chi connectivity index (χ1v) is 28.1. The number of ether oxygens (including phenoxy) is 2. The van der Waals surface area contributed by atoms with E-state index in [0.29, 0.717) is 46.7 Å². The van der Waals surface area contributed by atoms with Crippen molar-refractivity contribution in [2.75, 3.05) is 76.0 Å². The Balaban J connectivity index is 0.759. The molecule has 6 heterocycles. The number of aliphatic hydroxyl groups is 1. The van der Waals surface area contributed by atoms with E-state index in [1.165, 1.54) is 12.0 Å². The number of methoxy groups -OCH3 is 1. The number of primary amides is 1. The van der Waals surface area contributed by atoms with Crippen LogP contribution >= 0.6 is 0 Å². The Kier molecular flexibility index (Phi) is 17.3. The van der Waals surface area contributed by atoms with Gasteiger partial charge in [-0.25, -0.2) is 24.5 Å². The molecule has 0 spiro atoms. The number of rotatable bonds is 20. The summed E-state index contributed by atoms with van der Waals surface area (Å²) in [6, 6.07) is 21.1. The van der Waals surface area contributed by atoms with Crippen molar-refractivity contribution in [1.29, 1.82) is 0 Å². The molecule has 2 unspecified atom stereocenters. The first-order valence-electron chi connectivity index (χ1n) is 28.1. The first-order chi connectivity index (χ1) is 40.5. The summed E-state index contributed by atoms with van der Waals surface area (Å²) in [4.78, 5) is 108. The third-order valence-electron chi connectivity index (χ3n) is 16.3. The number of carboxylic acid groups (broad SMARTS) is 1. The number of hydrogen-bond acceptors (Lipinski definition) is 15. The summed E-state index contributed by atoms with van der Waals surface area (Å²) in [6.45, 7) is 4.51. The zero-order valence-electron chi connectivity index (χ0n) is 47.1. The van der Waals surface area contributed by atoms with Gasteiger partial charge in [0.25, 0.3) is 5.56 Å². The van der Waals surface area contributed by atoms with Crippen molar-refractivity contribution in [3.63, 3.8) is 0 Å². The van der Waals surface area contributed by atoms with Gasteiger partial charge in [0, 0.05) is 92.1 Å². The van der Waals surface area contributed by atoms with Gasteiger partial charge in [0.15, 0.2) is 5.60 Å². The van der Waals surface area contributed by atoms with Gasteiger partial charge in [-0.05, 0) is 93.0 Å². The lowest BCUT2D eigenvalue weighted by Gasteiger charge is -2.45. The minimum Gasteiger partial charge on any atom is -0.495 e. The van der Waals surface area contributed by atoms with Gasteiger partial charge < -0.3 is 66.0 Å². The number of piperidine rings is 2. The molecule has 440 valence electrons. The van der Waals surface area contributed by atoms with Gasteiger partial charge in [-0.15, -0.1) is 0 Å². The highest BCUT2D eigenvalue weighted by atomic mass is 16.5. The number of urea groups is 1. The minimum atomic E-state index is -1.57. The first kappa shape index (κ1) is 58.3. The fourth-order valence-electron chi connectivity index (χ4n) is 11.4. The molecule has 3 saturated heterocycles. The number of likely N-dealkylation sites (tertiary alicyclic amines) is 1. The number of pyridine rings is 1. The molecule has 6 aromatic rings. The van der Waals surface area contributed by atoms with Crippen LogP contribution in [0.4, 0.5) is 21.2 Å². The molecule has 0 bridgehead atoms. The average Bonchev–Trinajstić information content (AvgIpc) is 1.69. The van der Waals surface area contributed by atoms with Crippen molar-refractivity contribution in [2.24, 2.45) is 12.8 Å². The van der Waals surface area contributed by atoms with E-state index in [-0.39, 0.29) is 36.8 Å². The van der Waals surface area contributed by atoms with Crippen molar-refractivity contribution in [3.05, 3.63) is 112 Å². The number of imide groups is 1. The molecule has 7 amide bonds. The van der Waals surface area contributed by atoms with Crippen LogP contribution in [0.1, 0.15) is 75.1 Å². The number of nitrogens with zero attached hydrogens (tertiary/aromatic N) is 7. The molecule has 1 saturated carbocycles. The van der Waals surface area contributed by atoms with Gasteiger partial charge >= 0.3 is 12.1 Å². The number of aliphatic hydroxyl groups excluding tert-OH is 1. The summed E-state index contributed by atoms with van der Waals surface area (Å²) in [5.74, 6) is 4.16. The molecule has 4 aliphatic rings. The summed E-state index contributed by atoms with van der Waals surface area (Å²) in [6.07, 6.45) is 6.80. The van der Waals surface area contributed by atoms with E-state index in [1.54, 1.807) is 36.0 Å². The molecule has 0 radical (unpaired) electrons. The van der Waals surface area contributed by atoms with E-state index in [9.17, 15) is 38.7 Å². The number of nitrogens with two attached hydrogens (primary N) is 1. The standard InChI is InChI=1S/C60H69N13O11/c1-59(65-23-7-8-37-11-16-48(83-3)47(30-37)72-27-20-51(77)73(58(72)82)36-64-50(76)33-63-54(78)46(32-49(61)75)67-57(80)81)21-28-70(29-22-59)40-18-25-71(26-19-40)56-66-45-15-12-38(44-34-69(2)55(79)52-42(44)17-24-62-52)31-43(45)53(68-56)60(35-74,84-41-13-14-41)39-9-5-4-6-10-39/h4-6,9-12,15-17,24,30-31,34,40-41,46,62,65,67,74H,13-14,18-23,25-29,32-33,35-36H2,1-3H3,(H2,61,75)(H,63,78)(H,64,76)(H,80,81). The highest BCUT2D eigenvalue weighted by Crippen LogP contribution is 2.44. The molecular weight excluding hydrogens is 1080 g/mol. The number of nitrogens with one attached hydrogen (secondary N) is 5. The second kappa shape index (κ2) is 24.9. The summed E-state index contributed by atoms with van der Waals surface area (Å²) in [5.41, 5.74) is 8.99. The molecular formula is C60H69N13O11. The summed E-state index contributed by atoms with van der Waals surface area (Å²) in [7, 11) is 3.21. The van der Waals surface area contributed by atoms with Crippen LogP contribution in [0.3, 0.4) is 0 Å². The van der Waals surface area contributed by atoms with Crippen LogP contribution in [0, 0.1) is 11.8 Å². The Morgan fingerprint density at radius 3 is 2.39 bits per heavy atom. The van der Waals surface area contributed by atoms with E-state index < -0.39 is 67.0 Å². The van der Waals surface area contributed by atoms with Gasteiger partial charge in [0.2, 0.25) is 29.6 Å². The van der Waals surface area contributed by atoms with E-state index in [1.807, 2.05) is 60.0 Å². The Hall–Kier alpha value is -8.89. The van der Waals surface area contributed by atoms with Crippen molar-refractivity contribution >= 4 is 69.2 Å². The third-order valence-corrected chi connectivity index (χ3v) is 16.3. The van der Waals surface area contributed by atoms with Crippen molar-refractivity contribution in [3.8, 4) is 28.7 Å². The maximum atomic E-state index is 13.8. The van der Waals surface area contributed by atoms with E-state index >= 15 is 0 Å². The summed E-state index contributed by atoms with van der Waals surface area (Å²) >= 11 is 0. The lowest BCUT2D eigenvalue weighted by Crippen LogP contribution is -2.56. The smallest absolute Gasteiger partial charge is 0.405 e. The Labute approximate surface area is 484 Å². The molecule has 4 fully saturated rings. The maximum Gasteiger partial charge on any atom is 0.405 e. The zero-order valence-corrected chi connectivity index (χ0v) is 47.1. The van der Waals surface area contributed by atoms with Crippen LogP contribution in [0.2, 0.25) is 0 Å². The summed E-state index contributed by atoms with van der Waals surface area (Å²) < 4.78 is 14.1. The molecule has 24 heteroatoms. The number of benzene rings is 3. The van der Waals surface area contributed by atoms with Crippen molar-refractivity contribution in [2.45, 2.75) is 87.6 Å². The van der Waals surface area contributed by atoms with E-state index in [4.69, 9.17) is 30.3 Å². The molecule has 3 aromatic carbocycles. The van der Waals surface area contributed by atoms with E-state index in [2.05, 4.69) is 55.6 Å². The number of carbonyl (C=O) groups excluding carboxylic acids is 5. The second-order valence-electron chi connectivity index (χ2n) is 22.0. The number of fused-ring (bicyclic) bond motifs is 2. The Bertz CT molecular complexity index is 3600. The summed E-state index contributed by atoms with van der Waals surface area (Å²) in [5, 5.41) is 32.3. The maximum absolute atomic E-state index is 13.8. The Morgan fingerprint density at radius 2 is 1.69 bits per heavy atom. The topological polar surface area (TPSA) is 312 Å². The third kappa shape index (κ3) is 12.7. The molecule has 2 atom stereocenters. The number of aromatic nitrogens is 4. The van der Waals surface area contributed by atoms with Gasteiger partial charge in [-0.3, -0.25) is 28.9 Å². The lowest BCUT2D eigenvalue weighted by atomic mass is 9.87. The molecule has 24 nitrogen and oxygen atoms in total. The molecule has 3 aromatic heterocycles. The quantitative estimate of drug-likeness (QED) is 0.0509. The molecule has 1 aliphatic carbocycles. The fraction of sp³-hybridized carbons (Fsp3) is 0.417. The number of hydrogen-bond donors (Lipinski definition) is 8. The number of aryl methyl sites for hydroxylation is 1. The SMILES string of the molecule is COc1ccc(C#CCNC2(C)CCN(C3CCN(c4nc(C(CO)(OC5CC5)c5ccccc5)c5cc(-c6cn(C)c(=O)c7[nH]ccc67)ccc5n4)CC3)CC2)cc1N1CCC(=O)N(CNC(=O)CNC(=O)C(CC(N)=O)NC(=O)O)C1=O. The van der Waals surface area contributed by atoms with Gasteiger partial charge in [0.05, 0.1) is 56.2 Å². The highest BCUT2D eigenvalue weighted by Gasteiger charge is 2.44. The molecule has 10 rings (SSSR count). The van der Waals surface area contributed by atoms with Gasteiger partial charge in [0.1, 0.15) is 24.0 Å². The van der Waals surface area contributed by atoms with Crippen LogP contribution in [-0.2, 0) is 36.6 Å². The lowest BCUT2D eigenvalue weighted by molar-refractivity contribution is -0.131. The van der Waals surface area contributed by atoms with E-state index in [0.717, 1.165) is 103 Å². The number of carbonyl (C=O) groups is 6. The van der Waals surface area contributed by atoms with Crippen LogP contribution < -0.4 is 47.1 Å². The van der Waals surface area contributed by atoms with Crippen LogP contribution in [0.15, 0.2) is 90.0 Å². The zero-order chi connectivity index (χ0) is 59.3. The predicted molar refractivity (Wildman–Crippen MR) is 312 cm³/mol. The second-order valence-corrected chi connectivity index (χ2v) is 22.0.